The fraction of sp³-hybridized carbons (Fsp3) is 0.188. The molecule has 0 aliphatic carbocycles. The fourth-order valence-electron chi connectivity index (χ4n) is 2.27. The van der Waals surface area contributed by atoms with Gasteiger partial charge in [0.15, 0.2) is 0 Å². The number of benzene rings is 1. The fourth-order valence-corrected chi connectivity index (χ4v) is 2.27. The van der Waals surface area contributed by atoms with Crippen molar-refractivity contribution in [2.45, 2.75) is 19.5 Å². The van der Waals surface area contributed by atoms with Gasteiger partial charge in [0, 0.05) is 18.2 Å². The third-order valence-electron chi connectivity index (χ3n) is 3.39. The number of hydrogen-bond donors (Lipinski definition) is 1. The molecule has 1 N–H and O–H groups in total. The van der Waals surface area contributed by atoms with Crippen LogP contribution in [0.5, 0.6) is 0 Å². The number of hydrogen-bond acceptors (Lipinski definition) is 3. The van der Waals surface area contributed by atoms with Crippen molar-refractivity contribution < 1.29 is 13.2 Å². The first-order valence-corrected chi connectivity index (χ1v) is 7.02. The summed E-state index contributed by atoms with van der Waals surface area (Å²) < 4.78 is 38.8. The molecule has 0 saturated carbocycles. The van der Waals surface area contributed by atoms with Gasteiger partial charge < -0.3 is 4.98 Å². The summed E-state index contributed by atoms with van der Waals surface area (Å²) in [7, 11) is 0. The van der Waals surface area contributed by atoms with Gasteiger partial charge in [-0.25, -0.2) is 15.0 Å². The molecule has 23 heavy (non-hydrogen) atoms. The highest BCUT2D eigenvalue weighted by atomic mass is 19.4. The number of aromatic amines is 1. The Morgan fingerprint density at radius 2 is 2.00 bits per heavy atom. The number of rotatable bonds is 3. The zero-order valence-electron chi connectivity index (χ0n) is 12.2. The van der Waals surface area contributed by atoms with E-state index in [0.29, 0.717) is 34.9 Å². The van der Waals surface area contributed by atoms with E-state index in [1.807, 2.05) is 6.92 Å². The summed E-state index contributed by atoms with van der Waals surface area (Å²) in [6.45, 7) is 1.92. The van der Waals surface area contributed by atoms with E-state index in [0.717, 1.165) is 12.1 Å². The molecule has 0 radical (unpaired) electrons. The quantitative estimate of drug-likeness (QED) is 0.790. The standard InChI is InChI=1S/C16H13F3N4/c1-2-13-22-14(15(23-13)12-6-7-20-9-21-12)10-4-3-5-11(8-10)16(17,18)19/h3-9H,2H2,1H3,(H,22,23). The van der Waals surface area contributed by atoms with Crippen LogP contribution in [-0.4, -0.2) is 19.9 Å². The van der Waals surface area contributed by atoms with Crippen LogP contribution in [0.3, 0.4) is 0 Å². The van der Waals surface area contributed by atoms with E-state index in [4.69, 9.17) is 0 Å². The van der Waals surface area contributed by atoms with Crippen molar-refractivity contribution in [3.05, 3.63) is 54.2 Å². The van der Waals surface area contributed by atoms with Gasteiger partial charge in [-0.3, -0.25) is 0 Å². The Hall–Kier alpha value is -2.70. The molecular weight excluding hydrogens is 305 g/mol. The van der Waals surface area contributed by atoms with Crippen LogP contribution in [-0.2, 0) is 12.6 Å². The molecule has 0 spiro atoms. The third kappa shape index (κ3) is 3.08. The number of aromatic nitrogens is 4. The molecule has 1 aromatic carbocycles. The van der Waals surface area contributed by atoms with Gasteiger partial charge in [0.25, 0.3) is 0 Å². The second kappa shape index (κ2) is 5.83. The molecule has 118 valence electrons. The zero-order valence-corrected chi connectivity index (χ0v) is 12.2. The van der Waals surface area contributed by atoms with E-state index in [-0.39, 0.29) is 0 Å². The molecule has 0 bridgehead atoms. The average Bonchev–Trinajstić information content (AvgIpc) is 2.99. The summed E-state index contributed by atoms with van der Waals surface area (Å²) in [4.78, 5) is 15.5. The van der Waals surface area contributed by atoms with E-state index in [2.05, 4.69) is 19.9 Å². The van der Waals surface area contributed by atoms with Crippen molar-refractivity contribution >= 4 is 0 Å². The third-order valence-corrected chi connectivity index (χ3v) is 3.39. The van der Waals surface area contributed by atoms with Crippen molar-refractivity contribution in [3.8, 4) is 22.6 Å². The molecule has 2 aromatic heterocycles. The number of nitrogens with zero attached hydrogens (tertiary/aromatic N) is 3. The van der Waals surface area contributed by atoms with Crippen molar-refractivity contribution in [1.82, 2.24) is 19.9 Å². The number of nitrogens with one attached hydrogen (secondary N) is 1. The van der Waals surface area contributed by atoms with Crippen LogP contribution in [0, 0.1) is 0 Å². The van der Waals surface area contributed by atoms with Crippen LogP contribution in [0.1, 0.15) is 18.3 Å². The number of imidazole rings is 1. The molecule has 0 atom stereocenters. The highest BCUT2D eigenvalue weighted by Gasteiger charge is 2.31. The molecule has 7 heteroatoms. The van der Waals surface area contributed by atoms with Crippen LogP contribution < -0.4 is 0 Å². The molecule has 3 rings (SSSR count). The Balaban J connectivity index is 2.15. The van der Waals surface area contributed by atoms with Crippen LogP contribution in [0.4, 0.5) is 13.2 Å². The highest BCUT2D eigenvalue weighted by Crippen LogP contribution is 2.34. The van der Waals surface area contributed by atoms with E-state index < -0.39 is 11.7 Å². The molecule has 0 fully saturated rings. The Kier molecular flexibility index (Phi) is 3.85. The molecule has 2 heterocycles. The number of alkyl halides is 3. The minimum absolute atomic E-state index is 0.393. The van der Waals surface area contributed by atoms with E-state index in [1.165, 1.54) is 12.4 Å². The van der Waals surface area contributed by atoms with Crippen LogP contribution in [0.2, 0.25) is 0 Å². The molecule has 0 aliphatic rings. The topological polar surface area (TPSA) is 54.5 Å². The molecule has 3 aromatic rings. The lowest BCUT2D eigenvalue weighted by Crippen LogP contribution is -2.04. The molecule has 0 unspecified atom stereocenters. The Labute approximate surface area is 130 Å². The number of halogens is 3. The summed E-state index contributed by atoms with van der Waals surface area (Å²) in [5.41, 5.74) is 1.31. The highest BCUT2D eigenvalue weighted by molar-refractivity contribution is 5.76. The predicted molar refractivity (Wildman–Crippen MR) is 79.4 cm³/mol. The van der Waals surface area contributed by atoms with Crippen molar-refractivity contribution in [1.29, 1.82) is 0 Å². The lowest BCUT2D eigenvalue weighted by molar-refractivity contribution is -0.137. The Morgan fingerprint density at radius 1 is 1.17 bits per heavy atom. The lowest BCUT2D eigenvalue weighted by atomic mass is 10.1. The first kappa shape index (κ1) is 15.2. The zero-order chi connectivity index (χ0) is 16.4. The van der Waals surface area contributed by atoms with Gasteiger partial charge in [-0.2, -0.15) is 13.2 Å². The SMILES string of the molecule is CCc1nc(-c2cccc(C(F)(F)F)c2)c(-c2ccncn2)[nH]1. The van der Waals surface area contributed by atoms with Gasteiger partial charge in [0.05, 0.1) is 22.6 Å². The molecule has 4 nitrogen and oxygen atoms in total. The molecule has 0 saturated heterocycles. The average molecular weight is 318 g/mol. The maximum absolute atomic E-state index is 12.9. The first-order valence-electron chi connectivity index (χ1n) is 7.02. The van der Waals surface area contributed by atoms with Gasteiger partial charge in [-0.05, 0) is 18.2 Å². The van der Waals surface area contributed by atoms with Crippen molar-refractivity contribution in [2.75, 3.05) is 0 Å². The van der Waals surface area contributed by atoms with Gasteiger partial charge in [0.1, 0.15) is 12.2 Å². The van der Waals surface area contributed by atoms with Gasteiger partial charge in [0.2, 0.25) is 0 Å². The maximum Gasteiger partial charge on any atom is 0.416 e. The Morgan fingerprint density at radius 3 is 2.65 bits per heavy atom. The summed E-state index contributed by atoms with van der Waals surface area (Å²) in [5, 5.41) is 0. The minimum Gasteiger partial charge on any atom is -0.340 e. The summed E-state index contributed by atoms with van der Waals surface area (Å²) >= 11 is 0. The van der Waals surface area contributed by atoms with Gasteiger partial charge in [-0.1, -0.05) is 19.1 Å². The van der Waals surface area contributed by atoms with Crippen LogP contribution in [0.25, 0.3) is 22.6 Å². The molecule has 0 aliphatic heterocycles. The number of aryl methyl sites for hydroxylation is 1. The number of H-pyrrole nitrogens is 1. The van der Waals surface area contributed by atoms with Crippen LogP contribution in [0.15, 0.2) is 42.9 Å². The summed E-state index contributed by atoms with van der Waals surface area (Å²) in [6.07, 6.45) is -0.797. The summed E-state index contributed by atoms with van der Waals surface area (Å²) in [5.74, 6) is 0.686. The minimum atomic E-state index is -4.39. The summed E-state index contributed by atoms with van der Waals surface area (Å²) in [6, 6.07) is 6.81. The van der Waals surface area contributed by atoms with Gasteiger partial charge >= 0.3 is 6.18 Å². The predicted octanol–water partition coefficient (Wildman–Crippen LogP) is 4.11. The normalized spacial score (nSPS) is 11.7. The van der Waals surface area contributed by atoms with Crippen LogP contribution >= 0.6 is 0 Å². The van der Waals surface area contributed by atoms with Crippen molar-refractivity contribution in [2.24, 2.45) is 0 Å². The Bertz CT molecular complexity index is 810. The molecular formula is C16H13F3N4. The maximum atomic E-state index is 12.9. The largest absolute Gasteiger partial charge is 0.416 e. The monoisotopic (exact) mass is 318 g/mol. The smallest absolute Gasteiger partial charge is 0.340 e. The first-order chi connectivity index (χ1) is 11.0. The second-order valence-electron chi connectivity index (χ2n) is 4.93. The van der Waals surface area contributed by atoms with Crippen molar-refractivity contribution in [3.63, 3.8) is 0 Å². The molecule has 0 amide bonds. The van der Waals surface area contributed by atoms with E-state index in [1.54, 1.807) is 18.3 Å². The lowest BCUT2D eigenvalue weighted by Gasteiger charge is -2.08. The van der Waals surface area contributed by atoms with E-state index in [9.17, 15) is 13.2 Å². The van der Waals surface area contributed by atoms with Gasteiger partial charge in [-0.15, -0.1) is 0 Å². The second-order valence-corrected chi connectivity index (χ2v) is 4.93. The van der Waals surface area contributed by atoms with E-state index >= 15 is 0 Å².